The zero-order valence-corrected chi connectivity index (χ0v) is 28.6. The molecule has 14 heteroatoms. The molecule has 2 heterocycles. The Bertz CT molecular complexity index is 2450. The first-order valence-corrected chi connectivity index (χ1v) is 17.4. The summed E-state index contributed by atoms with van der Waals surface area (Å²) in [6.45, 7) is 3.33. The summed E-state index contributed by atoms with van der Waals surface area (Å²) in [4.78, 5) is 43.3. The van der Waals surface area contributed by atoms with Crippen LogP contribution < -0.4 is 23.8 Å². The number of benzene rings is 4. The lowest BCUT2D eigenvalue weighted by Crippen LogP contribution is -2.40. The van der Waals surface area contributed by atoms with Crippen LogP contribution in [0, 0.1) is 17.0 Å². The summed E-state index contributed by atoms with van der Waals surface area (Å²) < 4.78 is 43.8. The van der Waals surface area contributed by atoms with Crippen molar-refractivity contribution in [3.05, 3.63) is 155 Å². The molecule has 0 amide bonds. The maximum Gasteiger partial charge on any atom is 0.339 e. The van der Waals surface area contributed by atoms with Gasteiger partial charge in [-0.25, -0.2) is 9.79 Å². The Morgan fingerprint density at radius 1 is 1.00 bits per heavy atom. The summed E-state index contributed by atoms with van der Waals surface area (Å²) in [5.41, 5.74) is 1.99. The number of nitro benzene ring substituents is 1. The Kier molecular flexibility index (Phi) is 9.48. The summed E-state index contributed by atoms with van der Waals surface area (Å²) in [5, 5.41) is 11.3. The van der Waals surface area contributed by atoms with Crippen LogP contribution in [0.4, 0.5) is 5.69 Å². The highest BCUT2D eigenvalue weighted by Crippen LogP contribution is 2.36. The average molecular weight is 712 g/mol. The molecule has 0 N–H and O–H groups in total. The van der Waals surface area contributed by atoms with Gasteiger partial charge < -0.3 is 13.7 Å². The standard InChI is InChI=1S/C36H29N3O9S2/c1-4-47-35(41)31-32(24-9-6-5-7-10-24)37-36-38(33(31)25-11-8-12-27(20-25)46-3)34(40)30(49-36)19-23-14-16-26(17-15-23)48-50(44,45)28-18-13-22(2)29(21-28)39(42)43/h5-21,33H,4H2,1-3H3/b30-19-/t33-/m1/s1. The Balaban J connectivity index is 1.43. The van der Waals surface area contributed by atoms with Crippen LogP contribution in [0.1, 0.15) is 35.2 Å². The second-order valence-corrected chi connectivity index (χ2v) is 13.6. The molecular weight excluding hydrogens is 683 g/mol. The van der Waals surface area contributed by atoms with Gasteiger partial charge in [-0.05, 0) is 61.4 Å². The number of rotatable bonds is 10. The number of ether oxygens (including phenoxy) is 2. The fourth-order valence-electron chi connectivity index (χ4n) is 5.45. The highest BCUT2D eigenvalue weighted by Gasteiger charge is 2.35. The average Bonchev–Trinajstić information content (AvgIpc) is 3.42. The van der Waals surface area contributed by atoms with Crippen molar-refractivity contribution in [1.82, 2.24) is 4.57 Å². The van der Waals surface area contributed by atoms with E-state index in [1.54, 1.807) is 49.4 Å². The second-order valence-electron chi connectivity index (χ2n) is 11.0. The van der Waals surface area contributed by atoms with E-state index in [0.717, 1.165) is 17.4 Å². The molecule has 4 aromatic carbocycles. The fourth-order valence-corrected chi connectivity index (χ4v) is 7.41. The van der Waals surface area contributed by atoms with Crippen molar-refractivity contribution in [3.63, 3.8) is 0 Å². The van der Waals surface area contributed by atoms with Crippen LogP contribution in [0.5, 0.6) is 11.5 Å². The van der Waals surface area contributed by atoms with Crippen LogP contribution in [0.3, 0.4) is 0 Å². The molecular formula is C36H29N3O9S2. The van der Waals surface area contributed by atoms with E-state index in [4.69, 9.17) is 18.6 Å². The molecule has 1 atom stereocenters. The van der Waals surface area contributed by atoms with Crippen LogP contribution >= 0.6 is 11.3 Å². The zero-order valence-electron chi connectivity index (χ0n) is 26.9. The largest absolute Gasteiger partial charge is 0.497 e. The minimum atomic E-state index is -4.38. The van der Waals surface area contributed by atoms with Gasteiger partial charge in [0.1, 0.15) is 16.4 Å². The molecule has 0 saturated heterocycles. The predicted octanol–water partition coefficient (Wildman–Crippen LogP) is 4.93. The SMILES string of the molecule is CCOC(=O)C1=C(c2ccccc2)N=c2s/c(=C\c3ccc(OS(=O)(=O)c4ccc(C)c([N+](=O)[O-])c4)cc3)c(=O)n2[C@@H]1c1cccc(OC)c1. The zero-order chi connectivity index (χ0) is 35.6. The molecule has 0 fully saturated rings. The number of aromatic nitrogens is 1. The molecule has 254 valence electrons. The molecule has 12 nitrogen and oxygen atoms in total. The van der Waals surface area contributed by atoms with Gasteiger partial charge in [-0.2, -0.15) is 8.42 Å². The number of thiazole rings is 1. The van der Waals surface area contributed by atoms with Gasteiger partial charge in [-0.15, -0.1) is 0 Å². The van der Waals surface area contributed by atoms with Crippen LogP contribution in [-0.4, -0.2) is 37.6 Å². The predicted molar refractivity (Wildman–Crippen MR) is 186 cm³/mol. The molecule has 50 heavy (non-hydrogen) atoms. The van der Waals surface area contributed by atoms with Crippen molar-refractivity contribution in [3.8, 4) is 11.5 Å². The summed E-state index contributed by atoms with van der Waals surface area (Å²) in [7, 11) is -2.85. The molecule has 5 aromatic rings. The molecule has 1 aliphatic rings. The number of nitro groups is 1. The maximum atomic E-state index is 14.2. The lowest BCUT2D eigenvalue weighted by atomic mass is 9.93. The number of esters is 1. The first-order chi connectivity index (χ1) is 24.0. The number of aryl methyl sites for hydroxylation is 1. The Morgan fingerprint density at radius 3 is 2.42 bits per heavy atom. The van der Waals surface area contributed by atoms with Crippen molar-refractivity contribution in [2.45, 2.75) is 24.8 Å². The summed E-state index contributed by atoms with van der Waals surface area (Å²) >= 11 is 1.14. The van der Waals surface area contributed by atoms with Gasteiger partial charge in [-0.3, -0.25) is 19.5 Å². The highest BCUT2D eigenvalue weighted by molar-refractivity contribution is 7.87. The fraction of sp³-hybridized carbons (Fsp3) is 0.139. The maximum absolute atomic E-state index is 14.2. The molecule has 1 aromatic heterocycles. The van der Waals surface area contributed by atoms with Gasteiger partial charge in [0.25, 0.3) is 11.2 Å². The third-order valence-electron chi connectivity index (χ3n) is 7.83. The molecule has 6 rings (SSSR count). The number of carbonyl (C=O) groups excluding carboxylic acids is 1. The number of carbonyl (C=O) groups is 1. The smallest absolute Gasteiger partial charge is 0.339 e. The van der Waals surface area contributed by atoms with E-state index in [2.05, 4.69) is 0 Å². The normalized spacial score (nSPS) is 14.5. The molecule has 0 radical (unpaired) electrons. The van der Waals surface area contributed by atoms with E-state index < -0.39 is 32.6 Å². The van der Waals surface area contributed by atoms with E-state index in [0.29, 0.717) is 43.0 Å². The van der Waals surface area contributed by atoms with E-state index in [1.807, 2.05) is 30.3 Å². The van der Waals surface area contributed by atoms with Gasteiger partial charge in [-0.1, -0.05) is 72.0 Å². The topological polar surface area (TPSA) is 156 Å². The first kappa shape index (κ1) is 34.0. The lowest BCUT2D eigenvalue weighted by molar-refractivity contribution is -0.385. The van der Waals surface area contributed by atoms with Gasteiger partial charge in [0.15, 0.2) is 4.80 Å². The van der Waals surface area contributed by atoms with Crippen LogP contribution in [0.15, 0.2) is 117 Å². The third-order valence-corrected chi connectivity index (χ3v) is 10.1. The molecule has 0 unspecified atom stereocenters. The first-order valence-electron chi connectivity index (χ1n) is 15.2. The van der Waals surface area contributed by atoms with Crippen molar-refractivity contribution in [2.24, 2.45) is 4.99 Å². The summed E-state index contributed by atoms with van der Waals surface area (Å²) in [5.74, 6) is -0.101. The van der Waals surface area contributed by atoms with Crippen LogP contribution in [-0.2, 0) is 19.6 Å². The number of methoxy groups -OCH3 is 1. The van der Waals surface area contributed by atoms with E-state index in [9.17, 15) is 28.1 Å². The lowest BCUT2D eigenvalue weighted by Gasteiger charge is -2.26. The van der Waals surface area contributed by atoms with Crippen molar-refractivity contribution >= 4 is 44.9 Å². The quantitative estimate of drug-likeness (QED) is 0.0849. The number of hydrogen-bond acceptors (Lipinski definition) is 11. The molecule has 1 aliphatic heterocycles. The summed E-state index contributed by atoms with van der Waals surface area (Å²) in [6.07, 6.45) is 1.63. The highest BCUT2D eigenvalue weighted by atomic mass is 32.2. The number of nitrogens with zero attached hydrogens (tertiary/aromatic N) is 3. The third kappa shape index (κ3) is 6.70. The van der Waals surface area contributed by atoms with Crippen LogP contribution in [0.25, 0.3) is 11.8 Å². The van der Waals surface area contributed by atoms with Crippen molar-refractivity contribution < 1.29 is 31.8 Å². The Morgan fingerprint density at radius 2 is 1.74 bits per heavy atom. The Labute approximate surface area is 290 Å². The van der Waals surface area contributed by atoms with E-state index >= 15 is 0 Å². The van der Waals surface area contributed by atoms with Crippen molar-refractivity contribution in [1.29, 1.82) is 0 Å². The molecule has 0 saturated carbocycles. The van der Waals surface area contributed by atoms with Gasteiger partial charge in [0.05, 0.1) is 40.5 Å². The van der Waals surface area contributed by atoms with Gasteiger partial charge in [0.2, 0.25) is 0 Å². The van der Waals surface area contributed by atoms with Crippen LogP contribution in [0.2, 0.25) is 0 Å². The van der Waals surface area contributed by atoms with Crippen molar-refractivity contribution in [2.75, 3.05) is 13.7 Å². The van der Waals surface area contributed by atoms with E-state index in [-0.39, 0.29) is 28.5 Å². The molecule has 0 spiro atoms. The number of hydrogen-bond donors (Lipinski definition) is 0. The van der Waals surface area contributed by atoms with Gasteiger partial charge >= 0.3 is 16.1 Å². The van der Waals surface area contributed by atoms with Gasteiger partial charge in [0, 0.05) is 17.2 Å². The van der Waals surface area contributed by atoms with E-state index in [1.165, 1.54) is 42.9 Å². The minimum absolute atomic E-state index is 0.0311. The molecule has 0 aliphatic carbocycles. The Hall–Kier alpha value is -5.86. The summed E-state index contributed by atoms with van der Waals surface area (Å²) in [6, 6.07) is 24.9. The number of fused-ring (bicyclic) bond motifs is 1. The molecule has 0 bridgehead atoms. The monoisotopic (exact) mass is 711 g/mol. The second kappa shape index (κ2) is 13.9. The minimum Gasteiger partial charge on any atom is -0.497 e.